The minimum Gasteiger partial charge on any atom is -0.327 e. The molecular formula is C7H14N2. The van der Waals surface area contributed by atoms with Gasteiger partial charge >= 0.3 is 0 Å². The van der Waals surface area contributed by atoms with Gasteiger partial charge in [0.1, 0.15) is 0 Å². The summed E-state index contributed by atoms with van der Waals surface area (Å²) in [6, 6.07) is 1.29. The molecule has 0 spiro atoms. The Morgan fingerprint density at radius 2 is 2.11 bits per heavy atom. The lowest BCUT2D eigenvalue weighted by atomic mass is 9.72. The number of nitrogens with two attached hydrogens (primary N) is 1. The fraction of sp³-hybridized carbons (Fsp3) is 1.00. The average Bonchev–Trinajstić information content (AvgIpc) is 1.74. The zero-order chi connectivity index (χ0) is 6.27. The van der Waals surface area contributed by atoms with Crippen molar-refractivity contribution in [1.29, 1.82) is 0 Å². The van der Waals surface area contributed by atoms with Gasteiger partial charge < -0.3 is 11.1 Å². The van der Waals surface area contributed by atoms with Crippen LogP contribution in [0.5, 0.6) is 0 Å². The number of fused-ring (bicyclic) bond motifs is 1. The van der Waals surface area contributed by atoms with E-state index in [4.69, 9.17) is 5.73 Å². The van der Waals surface area contributed by atoms with Gasteiger partial charge in [0.15, 0.2) is 0 Å². The molecule has 9 heavy (non-hydrogen) atoms. The molecule has 0 aromatic carbocycles. The summed E-state index contributed by atoms with van der Waals surface area (Å²) >= 11 is 0. The van der Waals surface area contributed by atoms with E-state index in [0.29, 0.717) is 6.04 Å². The standard InChI is InChI=1S/C7H14N2/c8-6-3-4-9-7-2-1-5(6)7/h5-7,9H,1-4,8H2. The summed E-state index contributed by atoms with van der Waals surface area (Å²) < 4.78 is 0. The maximum absolute atomic E-state index is 5.88. The van der Waals surface area contributed by atoms with Crippen LogP contribution in [-0.4, -0.2) is 18.6 Å². The van der Waals surface area contributed by atoms with Gasteiger partial charge in [0.05, 0.1) is 0 Å². The van der Waals surface area contributed by atoms with Crippen LogP contribution in [0.2, 0.25) is 0 Å². The number of nitrogens with one attached hydrogen (secondary N) is 1. The molecule has 1 saturated carbocycles. The van der Waals surface area contributed by atoms with Crippen LogP contribution in [-0.2, 0) is 0 Å². The second-order valence-electron chi connectivity index (χ2n) is 3.25. The summed E-state index contributed by atoms with van der Waals surface area (Å²) in [6.45, 7) is 1.14. The first-order chi connectivity index (χ1) is 4.38. The molecule has 0 radical (unpaired) electrons. The highest BCUT2D eigenvalue weighted by atomic mass is 15.0. The zero-order valence-corrected chi connectivity index (χ0v) is 5.64. The highest BCUT2D eigenvalue weighted by Gasteiger charge is 2.37. The topological polar surface area (TPSA) is 38.0 Å². The van der Waals surface area contributed by atoms with Crippen molar-refractivity contribution in [2.75, 3.05) is 6.54 Å². The summed E-state index contributed by atoms with van der Waals surface area (Å²) in [7, 11) is 0. The Labute approximate surface area is 55.8 Å². The predicted molar refractivity (Wildman–Crippen MR) is 37.1 cm³/mol. The van der Waals surface area contributed by atoms with E-state index in [0.717, 1.165) is 18.5 Å². The van der Waals surface area contributed by atoms with Gasteiger partial charge in [-0.1, -0.05) is 0 Å². The van der Waals surface area contributed by atoms with Crippen LogP contribution in [0.1, 0.15) is 19.3 Å². The smallest absolute Gasteiger partial charge is 0.0110 e. The first-order valence-corrected chi connectivity index (χ1v) is 3.87. The second-order valence-corrected chi connectivity index (χ2v) is 3.25. The van der Waals surface area contributed by atoms with Crippen LogP contribution in [0, 0.1) is 5.92 Å². The van der Waals surface area contributed by atoms with Gasteiger partial charge in [-0.3, -0.25) is 0 Å². The van der Waals surface area contributed by atoms with Crippen LogP contribution < -0.4 is 11.1 Å². The average molecular weight is 126 g/mol. The normalized spacial score (nSPS) is 49.7. The van der Waals surface area contributed by atoms with E-state index in [2.05, 4.69) is 5.32 Å². The molecule has 3 unspecified atom stereocenters. The minimum atomic E-state index is 0.505. The molecule has 2 heteroatoms. The van der Waals surface area contributed by atoms with Gasteiger partial charge in [-0.15, -0.1) is 0 Å². The third-order valence-electron chi connectivity index (χ3n) is 2.76. The largest absolute Gasteiger partial charge is 0.327 e. The minimum absolute atomic E-state index is 0.505. The quantitative estimate of drug-likeness (QED) is 0.482. The molecule has 2 fully saturated rings. The Morgan fingerprint density at radius 3 is 2.56 bits per heavy atom. The Morgan fingerprint density at radius 1 is 1.22 bits per heavy atom. The molecule has 0 aromatic heterocycles. The molecule has 0 amide bonds. The van der Waals surface area contributed by atoms with Gasteiger partial charge in [0, 0.05) is 12.1 Å². The van der Waals surface area contributed by atoms with Gasteiger partial charge in [-0.25, -0.2) is 0 Å². The number of hydrogen-bond acceptors (Lipinski definition) is 2. The molecule has 2 aliphatic rings. The molecule has 2 nitrogen and oxygen atoms in total. The second kappa shape index (κ2) is 1.96. The zero-order valence-electron chi connectivity index (χ0n) is 5.64. The Kier molecular flexibility index (Phi) is 1.24. The lowest BCUT2D eigenvalue weighted by molar-refractivity contribution is 0.136. The maximum atomic E-state index is 5.88. The number of rotatable bonds is 0. The monoisotopic (exact) mass is 126 g/mol. The van der Waals surface area contributed by atoms with Crippen LogP contribution in [0.25, 0.3) is 0 Å². The highest BCUT2D eigenvalue weighted by Crippen LogP contribution is 2.32. The van der Waals surface area contributed by atoms with Crippen molar-refractivity contribution < 1.29 is 0 Å². The van der Waals surface area contributed by atoms with E-state index in [9.17, 15) is 0 Å². The molecule has 3 atom stereocenters. The van der Waals surface area contributed by atoms with Crippen LogP contribution in [0.3, 0.4) is 0 Å². The van der Waals surface area contributed by atoms with Crippen LogP contribution >= 0.6 is 0 Å². The molecule has 3 N–H and O–H groups in total. The summed E-state index contributed by atoms with van der Waals surface area (Å²) in [5.74, 6) is 0.818. The maximum Gasteiger partial charge on any atom is 0.0110 e. The Balaban J connectivity index is 1.98. The van der Waals surface area contributed by atoms with Crippen molar-refractivity contribution >= 4 is 0 Å². The van der Waals surface area contributed by atoms with Crippen LogP contribution in [0.15, 0.2) is 0 Å². The molecule has 1 saturated heterocycles. The van der Waals surface area contributed by atoms with Gasteiger partial charge in [0.25, 0.3) is 0 Å². The third kappa shape index (κ3) is 0.775. The molecule has 52 valence electrons. The molecule has 1 aliphatic heterocycles. The van der Waals surface area contributed by atoms with Gasteiger partial charge in [-0.2, -0.15) is 0 Å². The van der Waals surface area contributed by atoms with E-state index in [1.54, 1.807) is 0 Å². The fourth-order valence-electron chi connectivity index (χ4n) is 1.94. The van der Waals surface area contributed by atoms with Crippen molar-refractivity contribution in [1.82, 2.24) is 5.32 Å². The molecule has 1 heterocycles. The predicted octanol–water partition coefficient (Wildman–Crippen LogP) is 0.0856. The molecule has 0 aromatic rings. The van der Waals surface area contributed by atoms with Crippen LogP contribution in [0.4, 0.5) is 0 Å². The summed E-state index contributed by atoms with van der Waals surface area (Å²) in [5.41, 5.74) is 5.88. The molecular weight excluding hydrogens is 112 g/mol. The van der Waals surface area contributed by atoms with Crippen molar-refractivity contribution in [3.8, 4) is 0 Å². The SMILES string of the molecule is NC1CCNC2CCC12. The molecule has 1 aliphatic carbocycles. The van der Waals surface area contributed by atoms with Crippen molar-refractivity contribution in [3.63, 3.8) is 0 Å². The third-order valence-corrected chi connectivity index (χ3v) is 2.76. The van der Waals surface area contributed by atoms with E-state index in [1.807, 2.05) is 0 Å². The van der Waals surface area contributed by atoms with E-state index >= 15 is 0 Å². The Bertz CT molecular complexity index is 107. The highest BCUT2D eigenvalue weighted by molar-refractivity contribution is 4.96. The van der Waals surface area contributed by atoms with E-state index < -0.39 is 0 Å². The number of hydrogen-bond donors (Lipinski definition) is 2. The summed E-state index contributed by atoms with van der Waals surface area (Å²) in [5, 5.41) is 3.47. The van der Waals surface area contributed by atoms with Crippen molar-refractivity contribution in [3.05, 3.63) is 0 Å². The van der Waals surface area contributed by atoms with E-state index in [-0.39, 0.29) is 0 Å². The Hall–Kier alpha value is -0.0800. The lowest BCUT2D eigenvalue weighted by Gasteiger charge is -2.45. The summed E-state index contributed by atoms with van der Waals surface area (Å²) in [6.07, 6.45) is 3.90. The molecule has 0 bridgehead atoms. The van der Waals surface area contributed by atoms with Gasteiger partial charge in [0.2, 0.25) is 0 Å². The number of piperidine rings is 1. The van der Waals surface area contributed by atoms with E-state index in [1.165, 1.54) is 19.3 Å². The van der Waals surface area contributed by atoms with Crippen molar-refractivity contribution in [2.24, 2.45) is 11.7 Å². The van der Waals surface area contributed by atoms with Gasteiger partial charge in [-0.05, 0) is 31.7 Å². The fourth-order valence-corrected chi connectivity index (χ4v) is 1.94. The molecule has 2 rings (SSSR count). The first-order valence-electron chi connectivity index (χ1n) is 3.87. The lowest BCUT2D eigenvalue weighted by Crippen LogP contribution is -2.57. The van der Waals surface area contributed by atoms with Crippen molar-refractivity contribution in [2.45, 2.75) is 31.3 Å². The summed E-state index contributed by atoms with van der Waals surface area (Å²) in [4.78, 5) is 0. The first kappa shape index (κ1) is 5.69.